The van der Waals surface area contributed by atoms with Gasteiger partial charge in [-0.15, -0.1) is 0 Å². The number of aryl methyl sites for hydroxylation is 2. The standard InChI is InChI=1S/C20H22N2O5/c1-12-7-8-16(13(2)9-12)21-17(23)11-27-18(24)10-22-19(25)14-5-3-4-6-15(14)20(22)26/h3-4,7-9,14-15H,5-6,10-11H2,1-2H3,(H,21,23)/t14-,15-/m0/s1. The summed E-state index contributed by atoms with van der Waals surface area (Å²) in [5.74, 6) is -2.71. The molecule has 1 saturated heterocycles. The summed E-state index contributed by atoms with van der Waals surface area (Å²) >= 11 is 0. The maximum Gasteiger partial charge on any atom is 0.326 e. The van der Waals surface area contributed by atoms with Gasteiger partial charge in [0.2, 0.25) is 11.8 Å². The maximum absolute atomic E-state index is 12.3. The topological polar surface area (TPSA) is 92.8 Å². The Hall–Kier alpha value is -2.96. The normalized spacial score (nSPS) is 21.2. The van der Waals surface area contributed by atoms with Crippen molar-refractivity contribution in [3.8, 4) is 0 Å². The average Bonchev–Trinajstić information content (AvgIpc) is 2.88. The van der Waals surface area contributed by atoms with Crippen LogP contribution in [-0.2, 0) is 23.9 Å². The van der Waals surface area contributed by atoms with Crippen LogP contribution in [0.15, 0.2) is 30.4 Å². The van der Waals surface area contributed by atoms with Gasteiger partial charge in [0.1, 0.15) is 6.54 Å². The largest absolute Gasteiger partial charge is 0.454 e. The van der Waals surface area contributed by atoms with E-state index in [-0.39, 0.29) is 23.7 Å². The average molecular weight is 370 g/mol. The van der Waals surface area contributed by atoms with Gasteiger partial charge in [-0.25, -0.2) is 0 Å². The Morgan fingerprint density at radius 3 is 2.33 bits per heavy atom. The molecule has 0 radical (unpaired) electrons. The predicted molar refractivity (Wildman–Crippen MR) is 97.6 cm³/mol. The number of hydrogen-bond donors (Lipinski definition) is 1. The van der Waals surface area contributed by atoms with E-state index in [2.05, 4.69) is 5.32 Å². The number of esters is 1. The highest BCUT2D eigenvalue weighted by Gasteiger charge is 2.47. The molecule has 3 rings (SSSR count). The van der Waals surface area contributed by atoms with Gasteiger partial charge >= 0.3 is 5.97 Å². The molecule has 3 amide bonds. The van der Waals surface area contributed by atoms with E-state index in [1.165, 1.54) is 0 Å². The van der Waals surface area contributed by atoms with Crippen molar-refractivity contribution in [3.63, 3.8) is 0 Å². The molecule has 1 aliphatic heterocycles. The van der Waals surface area contributed by atoms with Gasteiger partial charge in [-0.05, 0) is 38.3 Å². The lowest BCUT2D eigenvalue weighted by Crippen LogP contribution is -2.37. The Balaban J connectivity index is 1.50. The minimum atomic E-state index is -0.779. The van der Waals surface area contributed by atoms with Gasteiger partial charge in [0.15, 0.2) is 6.61 Å². The zero-order valence-corrected chi connectivity index (χ0v) is 15.4. The molecule has 2 aliphatic rings. The van der Waals surface area contributed by atoms with E-state index < -0.39 is 25.0 Å². The van der Waals surface area contributed by atoms with Crippen molar-refractivity contribution in [2.75, 3.05) is 18.5 Å². The first-order valence-electron chi connectivity index (χ1n) is 8.89. The number of rotatable bonds is 5. The Labute approximate surface area is 157 Å². The molecule has 0 unspecified atom stereocenters. The molecular weight excluding hydrogens is 348 g/mol. The SMILES string of the molecule is Cc1ccc(NC(=O)COC(=O)CN2C(=O)[C@H]3CC=CC[C@@H]3C2=O)c(C)c1. The van der Waals surface area contributed by atoms with Crippen molar-refractivity contribution in [2.24, 2.45) is 11.8 Å². The van der Waals surface area contributed by atoms with Crippen molar-refractivity contribution in [3.05, 3.63) is 41.5 Å². The first kappa shape index (κ1) is 18.8. The first-order chi connectivity index (χ1) is 12.9. The Bertz CT molecular complexity index is 804. The minimum Gasteiger partial charge on any atom is -0.454 e. The van der Waals surface area contributed by atoms with Gasteiger partial charge in [0, 0.05) is 5.69 Å². The third-order valence-electron chi connectivity index (χ3n) is 4.91. The first-order valence-corrected chi connectivity index (χ1v) is 8.89. The fourth-order valence-corrected chi connectivity index (χ4v) is 3.49. The van der Waals surface area contributed by atoms with E-state index >= 15 is 0 Å². The molecular formula is C20H22N2O5. The number of likely N-dealkylation sites (tertiary alicyclic amines) is 1. The monoisotopic (exact) mass is 370 g/mol. The number of fused-ring (bicyclic) bond motifs is 1. The molecule has 0 bridgehead atoms. The molecule has 1 heterocycles. The number of imide groups is 1. The van der Waals surface area contributed by atoms with Gasteiger partial charge in [0.05, 0.1) is 11.8 Å². The lowest BCUT2D eigenvalue weighted by atomic mass is 9.85. The highest BCUT2D eigenvalue weighted by molar-refractivity contribution is 6.07. The van der Waals surface area contributed by atoms with Crippen LogP contribution in [0.25, 0.3) is 0 Å². The van der Waals surface area contributed by atoms with Crippen LogP contribution in [0.2, 0.25) is 0 Å². The molecule has 27 heavy (non-hydrogen) atoms. The van der Waals surface area contributed by atoms with Crippen molar-refractivity contribution < 1.29 is 23.9 Å². The van der Waals surface area contributed by atoms with E-state index in [0.29, 0.717) is 18.5 Å². The van der Waals surface area contributed by atoms with Crippen LogP contribution in [0.1, 0.15) is 24.0 Å². The molecule has 0 spiro atoms. The predicted octanol–water partition coefficient (Wildman–Crippen LogP) is 1.74. The van der Waals surface area contributed by atoms with Crippen LogP contribution in [0.5, 0.6) is 0 Å². The second-order valence-corrected chi connectivity index (χ2v) is 6.95. The minimum absolute atomic E-state index is 0.342. The summed E-state index contributed by atoms with van der Waals surface area (Å²) in [5.41, 5.74) is 2.62. The number of carbonyl (C=O) groups excluding carboxylic acids is 4. The molecule has 1 aliphatic carbocycles. The summed E-state index contributed by atoms with van der Waals surface area (Å²) in [6.07, 6.45) is 4.79. The summed E-state index contributed by atoms with van der Waals surface area (Å²) in [4.78, 5) is 49.6. The zero-order valence-electron chi connectivity index (χ0n) is 15.4. The fraction of sp³-hybridized carbons (Fsp3) is 0.400. The molecule has 0 saturated carbocycles. The summed E-state index contributed by atoms with van der Waals surface area (Å²) in [7, 11) is 0. The number of benzene rings is 1. The number of amides is 3. The molecule has 7 heteroatoms. The van der Waals surface area contributed by atoms with E-state index in [4.69, 9.17) is 4.74 Å². The Kier molecular flexibility index (Phi) is 5.39. The summed E-state index contributed by atoms with van der Waals surface area (Å²) < 4.78 is 4.94. The summed E-state index contributed by atoms with van der Waals surface area (Å²) in [6.45, 7) is 2.89. The number of ether oxygens (including phenoxy) is 1. The molecule has 2 atom stereocenters. The van der Waals surface area contributed by atoms with E-state index in [1.807, 2.05) is 38.1 Å². The van der Waals surface area contributed by atoms with Gasteiger partial charge < -0.3 is 10.1 Å². The zero-order chi connectivity index (χ0) is 19.6. The molecule has 1 N–H and O–H groups in total. The van der Waals surface area contributed by atoms with Crippen LogP contribution in [0, 0.1) is 25.7 Å². The number of allylic oxidation sites excluding steroid dienone is 2. The molecule has 142 valence electrons. The molecule has 1 aromatic carbocycles. The smallest absolute Gasteiger partial charge is 0.326 e. The third kappa shape index (κ3) is 4.07. The summed E-state index contributed by atoms with van der Waals surface area (Å²) in [5, 5.41) is 2.67. The van der Waals surface area contributed by atoms with Gasteiger partial charge in [0.25, 0.3) is 5.91 Å². The van der Waals surface area contributed by atoms with Gasteiger partial charge in [-0.1, -0.05) is 29.8 Å². The van der Waals surface area contributed by atoms with Crippen molar-refractivity contribution in [1.82, 2.24) is 4.90 Å². The number of nitrogens with zero attached hydrogens (tertiary/aromatic N) is 1. The fourth-order valence-electron chi connectivity index (χ4n) is 3.49. The molecule has 1 aromatic rings. The van der Waals surface area contributed by atoms with Crippen LogP contribution >= 0.6 is 0 Å². The third-order valence-corrected chi connectivity index (χ3v) is 4.91. The van der Waals surface area contributed by atoms with E-state index in [0.717, 1.165) is 16.0 Å². The van der Waals surface area contributed by atoms with Gasteiger partial charge in [-0.2, -0.15) is 0 Å². The van der Waals surface area contributed by atoms with Crippen LogP contribution in [-0.4, -0.2) is 41.7 Å². The number of anilines is 1. The molecule has 7 nitrogen and oxygen atoms in total. The number of carbonyl (C=O) groups is 4. The van der Waals surface area contributed by atoms with E-state index in [9.17, 15) is 19.2 Å². The molecule has 0 aromatic heterocycles. The number of nitrogens with one attached hydrogen (secondary N) is 1. The lowest BCUT2D eigenvalue weighted by molar-refractivity contribution is -0.154. The van der Waals surface area contributed by atoms with Gasteiger partial charge in [-0.3, -0.25) is 24.1 Å². The maximum atomic E-state index is 12.3. The Morgan fingerprint density at radius 1 is 1.11 bits per heavy atom. The number of hydrogen-bond acceptors (Lipinski definition) is 5. The lowest BCUT2D eigenvalue weighted by Gasteiger charge is -2.14. The highest BCUT2D eigenvalue weighted by atomic mass is 16.5. The summed E-state index contributed by atoms with van der Waals surface area (Å²) in [6, 6.07) is 5.58. The molecule has 1 fully saturated rings. The van der Waals surface area contributed by atoms with Crippen LogP contribution in [0.4, 0.5) is 5.69 Å². The van der Waals surface area contributed by atoms with Crippen molar-refractivity contribution in [1.29, 1.82) is 0 Å². The second kappa shape index (κ2) is 7.73. The van der Waals surface area contributed by atoms with Crippen LogP contribution in [0.3, 0.4) is 0 Å². The van der Waals surface area contributed by atoms with Crippen LogP contribution < -0.4 is 5.32 Å². The van der Waals surface area contributed by atoms with Crippen molar-refractivity contribution in [2.45, 2.75) is 26.7 Å². The van der Waals surface area contributed by atoms with E-state index in [1.54, 1.807) is 6.07 Å². The highest BCUT2D eigenvalue weighted by Crippen LogP contribution is 2.34. The van der Waals surface area contributed by atoms with Crippen molar-refractivity contribution >= 4 is 29.4 Å². The quantitative estimate of drug-likeness (QED) is 0.484. The second-order valence-electron chi connectivity index (χ2n) is 6.95. The Morgan fingerprint density at radius 2 is 1.74 bits per heavy atom.